The summed E-state index contributed by atoms with van der Waals surface area (Å²) >= 11 is 0. The van der Waals surface area contributed by atoms with Crippen molar-refractivity contribution in [1.82, 2.24) is 10.6 Å². The van der Waals surface area contributed by atoms with Gasteiger partial charge in [-0.1, -0.05) is 30.3 Å². The van der Waals surface area contributed by atoms with Gasteiger partial charge >= 0.3 is 6.03 Å². The summed E-state index contributed by atoms with van der Waals surface area (Å²) in [6.45, 7) is 0.423. The summed E-state index contributed by atoms with van der Waals surface area (Å²) in [6, 6.07) is 10.2. The standard InChI is InChI=1S/C17H18F2N2O2/c18-15-6-5-12(16(19)9-15)7-8-20-17(23)21-10-13-3-1-2-4-14(13)11-22/h1-6,9,22H,7-8,10-11H2,(H2,20,21,23). The molecule has 0 aliphatic heterocycles. The van der Waals surface area contributed by atoms with Crippen molar-refractivity contribution < 1.29 is 18.7 Å². The van der Waals surface area contributed by atoms with Gasteiger partial charge in [0.2, 0.25) is 0 Å². The van der Waals surface area contributed by atoms with E-state index in [4.69, 9.17) is 0 Å². The fourth-order valence-electron chi connectivity index (χ4n) is 2.16. The molecule has 0 radical (unpaired) electrons. The van der Waals surface area contributed by atoms with Gasteiger partial charge in [0.25, 0.3) is 0 Å². The molecule has 6 heteroatoms. The van der Waals surface area contributed by atoms with Gasteiger partial charge in [-0.2, -0.15) is 0 Å². The fourth-order valence-corrected chi connectivity index (χ4v) is 2.16. The van der Waals surface area contributed by atoms with Gasteiger partial charge in [-0.05, 0) is 29.2 Å². The molecule has 2 amide bonds. The maximum absolute atomic E-state index is 13.4. The van der Waals surface area contributed by atoms with Crippen LogP contribution in [0.25, 0.3) is 0 Å². The zero-order valence-corrected chi connectivity index (χ0v) is 12.5. The Morgan fingerprint density at radius 2 is 1.74 bits per heavy atom. The number of hydrogen-bond donors (Lipinski definition) is 3. The largest absolute Gasteiger partial charge is 0.392 e. The Morgan fingerprint density at radius 1 is 1.00 bits per heavy atom. The maximum atomic E-state index is 13.4. The van der Waals surface area contributed by atoms with E-state index in [2.05, 4.69) is 10.6 Å². The molecule has 122 valence electrons. The lowest BCUT2D eigenvalue weighted by atomic mass is 10.1. The van der Waals surface area contributed by atoms with Gasteiger partial charge in [0.05, 0.1) is 6.61 Å². The molecule has 0 aromatic heterocycles. The smallest absolute Gasteiger partial charge is 0.315 e. The van der Waals surface area contributed by atoms with E-state index in [9.17, 15) is 18.7 Å². The van der Waals surface area contributed by atoms with E-state index in [0.717, 1.165) is 17.2 Å². The van der Waals surface area contributed by atoms with Gasteiger partial charge in [0, 0.05) is 19.2 Å². The summed E-state index contributed by atoms with van der Waals surface area (Å²) in [5, 5.41) is 14.5. The Hall–Kier alpha value is -2.47. The van der Waals surface area contributed by atoms with Crippen LogP contribution < -0.4 is 10.6 Å². The van der Waals surface area contributed by atoms with Crippen LogP contribution in [0.2, 0.25) is 0 Å². The first-order valence-corrected chi connectivity index (χ1v) is 7.23. The third kappa shape index (κ3) is 5.03. The first kappa shape index (κ1) is 16.9. The van der Waals surface area contributed by atoms with Gasteiger partial charge < -0.3 is 15.7 Å². The lowest BCUT2D eigenvalue weighted by Crippen LogP contribution is -2.36. The Kier molecular flexibility index (Phi) is 6.05. The average Bonchev–Trinajstić information content (AvgIpc) is 2.55. The zero-order chi connectivity index (χ0) is 16.7. The number of amides is 2. The molecule has 0 fully saturated rings. The van der Waals surface area contributed by atoms with Crippen LogP contribution in [0.5, 0.6) is 0 Å². The molecule has 2 aromatic carbocycles. The Labute approximate surface area is 133 Å². The number of urea groups is 1. The third-order valence-electron chi connectivity index (χ3n) is 3.42. The minimum atomic E-state index is -0.625. The second-order valence-corrected chi connectivity index (χ2v) is 5.02. The predicted molar refractivity (Wildman–Crippen MR) is 82.7 cm³/mol. The second-order valence-electron chi connectivity index (χ2n) is 5.02. The molecule has 0 bridgehead atoms. The maximum Gasteiger partial charge on any atom is 0.315 e. The van der Waals surface area contributed by atoms with Crippen molar-refractivity contribution >= 4 is 6.03 Å². The number of halogens is 2. The van der Waals surface area contributed by atoms with Crippen LogP contribution in [-0.2, 0) is 19.6 Å². The lowest BCUT2D eigenvalue weighted by Gasteiger charge is -2.10. The molecule has 0 saturated heterocycles. The average molecular weight is 320 g/mol. The quantitative estimate of drug-likeness (QED) is 0.766. The number of nitrogens with one attached hydrogen (secondary N) is 2. The third-order valence-corrected chi connectivity index (χ3v) is 3.42. The van der Waals surface area contributed by atoms with Gasteiger partial charge in [0.15, 0.2) is 0 Å². The van der Waals surface area contributed by atoms with Crippen LogP contribution in [0, 0.1) is 11.6 Å². The molecular formula is C17H18F2N2O2. The summed E-state index contributed by atoms with van der Waals surface area (Å²) in [7, 11) is 0. The molecule has 0 unspecified atom stereocenters. The number of carbonyl (C=O) groups is 1. The van der Waals surface area contributed by atoms with Gasteiger partial charge in [-0.3, -0.25) is 0 Å². The molecule has 2 rings (SSSR count). The van der Waals surface area contributed by atoms with Crippen molar-refractivity contribution in [3.63, 3.8) is 0 Å². The molecule has 0 atom stereocenters. The molecule has 0 heterocycles. The van der Waals surface area contributed by atoms with Crippen LogP contribution in [0.15, 0.2) is 42.5 Å². The number of aliphatic hydroxyl groups is 1. The van der Waals surface area contributed by atoms with Crippen LogP contribution >= 0.6 is 0 Å². The van der Waals surface area contributed by atoms with E-state index >= 15 is 0 Å². The first-order valence-electron chi connectivity index (χ1n) is 7.23. The second kappa shape index (κ2) is 8.24. The molecule has 2 aromatic rings. The summed E-state index contributed by atoms with van der Waals surface area (Å²) in [6.07, 6.45) is 0.271. The monoisotopic (exact) mass is 320 g/mol. The van der Waals surface area contributed by atoms with Crippen molar-refractivity contribution in [1.29, 1.82) is 0 Å². The predicted octanol–water partition coefficient (Wildman–Crippen LogP) is 2.50. The molecule has 0 spiro atoms. The Bertz CT molecular complexity index is 677. The SMILES string of the molecule is O=C(NCCc1ccc(F)cc1F)NCc1ccccc1CO. The highest BCUT2D eigenvalue weighted by atomic mass is 19.1. The molecule has 3 N–H and O–H groups in total. The topological polar surface area (TPSA) is 61.4 Å². The van der Waals surface area contributed by atoms with Crippen LogP contribution in [0.3, 0.4) is 0 Å². The Morgan fingerprint density at radius 3 is 2.43 bits per heavy atom. The number of aliphatic hydroxyl groups excluding tert-OH is 1. The lowest BCUT2D eigenvalue weighted by molar-refractivity contribution is 0.240. The summed E-state index contributed by atoms with van der Waals surface area (Å²) in [5.74, 6) is -1.25. The summed E-state index contributed by atoms with van der Waals surface area (Å²) in [4.78, 5) is 11.7. The van der Waals surface area contributed by atoms with E-state index in [1.54, 1.807) is 6.07 Å². The molecular weight excluding hydrogens is 302 g/mol. The van der Waals surface area contributed by atoms with Crippen molar-refractivity contribution in [2.24, 2.45) is 0 Å². The first-order chi connectivity index (χ1) is 11.1. The van der Waals surface area contributed by atoms with E-state index in [0.29, 0.717) is 5.56 Å². The highest BCUT2D eigenvalue weighted by Crippen LogP contribution is 2.10. The minimum absolute atomic E-state index is 0.0939. The number of carbonyl (C=O) groups excluding carboxylic acids is 1. The zero-order valence-electron chi connectivity index (χ0n) is 12.5. The normalized spacial score (nSPS) is 10.4. The van der Waals surface area contributed by atoms with Crippen molar-refractivity contribution in [2.45, 2.75) is 19.6 Å². The van der Waals surface area contributed by atoms with E-state index in [1.807, 2.05) is 18.2 Å². The fraction of sp³-hybridized carbons (Fsp3) is 0.235. The van der Waals surface area contributed by atoms with Gasteiger partial charge in [0.1, 0.15) is 11.6 Å². The van der Waals surface area contributed by atoms with E-state index in [1.165, 1.54) is 12.1 Å². The number of rotatable bonds is 6. The van der Waals surface area contributed by atoms with Crippen molar-refractivity contribution in [3.05, 3.63) is 70.8 Å². The Balaban J connectivity index is 1.77. The van der Waals surface area contributed by atoms with Crippen molar-refractivity contribution in [2.75, 3.05) is 6.54 Å². The highest BCUT2D eigenvalue weighted by Gasteiger charge is 2.06. The molecule has 0 aliphatic rings. The van der Waals surface area contributed by atoms with Crippen LogP contribution in [0.1, 0.15) is 16.7 Å². The van der Waals surface area contributed by atoms with Crippen LogP contribution in [0.4, 0.5) is 13.6 Å². The van der Waals surface area contributed by atoms with Crippen molar-refractivity contribution in [3.8, 4) is 0 Å². The number of hydrogen-bond acceptors (Lipinski definition) is 2. The van der Waals surface area contributed by atoms with Gasteiger partial charge in [-0.15, -0.1) is 0 Å². The van der Waals surface area contributed by atoms with E-state index < -0.39 is 11.6 Å². The molecule has 23 heavy (non-hydrogen) atoms. The molecule has 0 saturated carbocycles. The summed E-state index contributed by atoms with van der Waals surface area (Å²) in [5.41, 5.74) is 1.92. The number of benzene rings is 2. The van der Waals surface area contributed by atoms with Gasteiger partial charge in [-0.25, -0.2) is 13.6 Å². The van der Waals surface area contributed by atoms with Crippen LogP contribution in [-0.4, -0.2) is 17.7 Å². The summed E-state index contributed by atoms with van der Waals surface area (Å²) < 4.78 is 26.2. The molecule has 4 nitrogen and oxygen atoms in total. The van der Waals surface area contributed by atoms with E-state index in [-0.39, 0.29) is 32.1 Å². The highest BCUT2D eigenvalue weighted by molar-refractivity contribution is 5.73. The minimum Gasteiger partial charge on any atom is -0.392 e. The molecule has 0 aliphatic carbocycles.